The summed E-state index contributed by atoms with van der Waals surface area (Å²) in [6.07, 6.45) is 5.37. The molecule has 0 amide bonds. The molecular formula is C14H22N4O2. The highest BCUT2D eigenvalue weighted by Gasteiger charge is 2.22. The molecule has 1 fully saturated rings. The number of likely N-dealkylation sites (tertiary alicyclic amines) is 1. The number of hydrogen-bond donors (Lipinski definition) is 0. The molecule has 1 aromatic heterocycles. The highest BCUT2D eigenvalue weighted by Crippen LogP contribution is 2.19. The van der Waals surface area contributed by atoms with Gasteiger partial charge in [-0.25, -0.2) is 14.8 Å². The SMILES string of the molecule is CCN1CCC(N(C)c2cnc(C(=O)OC)cn2)CC1. The summed E-state index contributed by atoms with van der Waals surface area (Å²) < 4.78 is 4.62. The van der Waals surface area contributed by atoms with E-state index in [0.29, 0.717) is 6.04 Å². The van der Waals surface area contributed by atoms with E-state index in [2.05, 4.69) is 31.4 Å². The maximum atomic E-state index is 11.3. The van der Waals surface area contributed by atoms with Gasteiger partial charge < -0.3 is 14.5 Å². The van der Waals surface area contributed by atoms with Crippen LogP contribution in [0.3, 0.4) is 0 Å². The van der Waals surface area contributed by atoms with Gasteiger partial charge >= 0.3 is 5.97 Å². The van der Waals surface area contributed by atoms with E-state index in [1.54, 1.807) is 6.20 Å². The van der Waals surface area contributed by atoms with Gasteiger partial charge in [0.25, 0.3) is 0 Å². The first-order valence-electron chi connectivity index (χ1n) is 7.01. The second-order valence-electron chi connectivity index (χ2n) is 5.03. The summed E-state index contributed by atoms with van der Waals surface area (Å²) in [6.45, 7) is 5.56. The van der Waals surface area contributed by atoms with Gasteiger partial charge in [-0.2, -0.15) is 0 Å². The molecule has 0 spiro atoms. The standard InChI is InChI=1S/C14H22N4O2/c1-4-18-7-5-11(6-8-18)17(2)13-10-15-12(9-16-13)14(19)20-3/h9-11H,4-8H2,1-3H3. The number of anilines is 1. The second-order valence-corrected chi connectivity index (χ2v) is 5.03. The average molecular weight is 278 g/mol. The molecule has 1 aromatic rings. The predicted molar refractivity (Wildman–Crippen MR) is 76.9 cm³/mol. The zero-order chi connectivity index (χ0) is 14.5. The van der Waals surface area contributed by atoms with Crippen molar-refractivity contribution in [2.45, 2.75) is 25.8 Å². The molecule has 6 heteroatoms. The molecule has 0 atom stereocenters. The van der Waals surface area contributed by atoms with Crippen LogP contribution in [0.2, 0.25) is 0 Å². The Hall–Kier alpha value is -1.69. The lowest BCUT2D eigenvalue weighted by Gasteiger charge is -2.36. The molecule has 1 aliphatic rings. The number of aromatic nitrogens is 2. The Kier molecular flexibility index (Phi) is 4.89. The molecule has 0 saturated carbocycles. The summed E-state index contributed by atoms with van der Waals surface area (Å²) >= 11 is 0. The van der Waals surface area contributed by atoms with Gasteiger partial charge in [0.1, 0.15) is 5.82 Å². The Bertz CT molecular complexity index is 441. The number of methoxy groups -OCH3 is 1. The van der Waals surface area contributed by atoms with Crippen molar-refractivity contribution in [1.82, 2.24) is 14.9 Å². The van der Waals surface area contributed by atoms with Crippen LogP contribution in [-0.4, -0.2) is 60.7 Å². The molecule has 0 bridgehead atoms. The largest absolute Gasteiger partial charge is 0.464 e. The summed E-state index contributed by atoms with van der Waals surface area (Å²) in [5.74, 6) is 0.343. The predicted octanol–water partition coefficient (Wildman–Crippen LogP) is 1.18. The van der Waals surface area contributed by atoms with Gasteiger partial charge in [0, 0.05) is 26.2 Å². The van der Waals surface area contributed by atoms with Crippen LogP contribution in [0.15, 0.2) is 12.4 Å². The van der Waals surface area contributed by atoms with Gasteiger partial charge in [-0.3, -0.25) is 0 Å². The number of carbonyl (C=O) groups excluding carboxylic acids is 1. The van der Waals surface area contributed by atoms with Gasteiger partial charge in [0.05, 0.1) is 19.5 Å². The minimum Gasteiger partial charge on any atom is -0.464 e. The minimum atomic E-state index is -0.456. The van der Waals surface area contributed by atoms with Gasteiger partial charge in [-0.05, 0) is 19.4 Å². The zero-order valence-electron chi connectivity index (χ0n) is 12.4. The van der Waals surface area contributed by atoms with E-state index in [-0.39, 0.29) is 5.69 Å². The van der Waals surface area contributed by atoms with E-state index >= 15 is 0 Å². The van der Waals surface area contributed by atoms with E-state index in [1.807, 2.05) is 7.05 Å². The van der Waals surface area contributed by atoms with E-state index < -0.39 is 5.97 Å². The summed E-state index contributed by atoms with van der Waals surface area (Å²) in [5, 5.41) is 0. The lowest BCUT2D eigenvalue weighted by atomic mass is 10.0. The first-order chi connectivity index (χ1) is 9.65. The number of hydrogen-bond acceptors (Lipinski definition) is 6. The summed E-state index contributed by atoms with van der Waals surface area (Å²) in [6, 6.07) is 0.482. The van der Waals surface area contributed by atoms with E-state index in [9.17, 15) is 4.79 Å². The number of piperidine rings is 1. The third kappa shape index (κ3) is 3.25. The molecule has 2 heterocycles. The summed E-state index contributed by atoms with van der Waals surface area (Å²) in [7, 11) is 3.37. The van der Waals surface area contributed by atoms with Crippen molar-refractivity contribution < 1.29 is 9.53 Å². The Morgan fingerprint density at radius 2 is 2.10 bits per heavy atom. The lowest BCUT2D eigenvalue weighted by Crippen LogP contribution is -2.43. The quantitative estimate of drug-likeness (QED) is 0.771. The number of ether oxygens (including phenoxy) is 1. The highest BCUT2D eigenvalue weighted by atomic mass is 16.5. The van der Waals surface area contributed by atoms with Gasteiger partial charge in [0.15, 0.2) is 5.69 Å². The van der Waals surface area contributed by atoms with Crippen LogP contribution < -0.4 is 4.90 Å². The monoisotopic (exact) mass is 278 g/mol. The maximum absolute atomic E-state index is 11.3. The molecule has 0 N–H and O–H groups in total. The first-order valence-corrected chi connectivity index (χ1v) is 7.01. The Balaban J connectivity index is 1.99. The average Bonchev–Trinajstić information content (AvgIpc) is 2.53. The molecule has 0 aromatic carbocycles. The second kappa shape index (κ2) is 6.65. The van der Waals surface area contributed by atoms with Crippen LogP contribution in [-0.2, 0) is 4.74 Å². The van der Waals surface area contributed by atoms with Crippen molar-refractivity contribution in [3.05, 3.63) is 18.1 Å². The van der Waals surface area contributed by atoms with Gasteiger partial charge in [0.2, 0.25) is 0 Å². The van der Waals surface area contributed by atoms with Crippen molar-refractivity contribution in [1.29, 1.82) is 0 Å². The van der Waals surface area contributed by atoms with Crippen LogP contribution in [0.25, 0.3) is 0 Å². The fraction of sp³-hybridized carbons (Fsp3) is 0.643. The fourth-order valence-electron chi connectivity index (χ4n) is 2.52. The third-order valence-electron chi connectivity index (χ3n) is 3.95. The molecule has 2 rings (SSSR count). The molecule has 1 saturated heterocycles. The zero-order valence-corrected chi connectivity index (χ0v) is 12.4. The van der Waals surface area contributed by atoms with Crippen LogP contribution in [0.5, 0.6) is 0 Å². The third-order valence-corrected chi connectivity index (χ3v) is 3.95. The van der Waals surface area contributed by atoms with Gasteiger partial charge in [-0.1, -0.05) is 6.92 Å². The number of esters is 1. The Morgan fingerprint density at radius 3 is 2.60 bits per heavy atom. The van der Waals surface area contributed by atoms with Crippen LogP contribution in [0, 0.1) is 0 Å². The molecule has 1 aliphatic heterocycles. The van der Waals surface area contributed by atoms with Crippen LogP contribution in [0.4, 0.5) is 5.82 Å². The topological polar surface area (TPSA) is 58.6 Å². The highest BCUT2D eigenvalue weighted by molar-refractivity contribution is 5.86. The van der Waals surface area contributed by atoms with Crippen molar-refractivity contribution in [3.8, 4) is 0 Å². The van der Waals surface area contributed by atoms with Crippen molar-refractivity contribution in [3.63, 3.8) is 0 Å². The first kappa shape index (κ1) is 14.7. The number of carbonyl (C=O) groups is 1. The Labute approximate surface area is 119 Å². The van der Waals surface area contributed by atoms with Crippen molar-refractivity contribution in [2.24, 2.45) is 0 Å². The number of nitrogens with zero attached hydrogens (tertiary/aromatic N) is 4. The molecular weight excluding hydrogens is 256 g/mol. The smallest absolute Gasteiger partial charge is 0.358 e. The van der Waals surface area contributed by atoms with Crippen LogP contribution in [0.1, 0.15) is 30.3 Å². The van der Waals surface area contributed by atoms with Crippen molar-refractivity contribution >= 4 is 11.8 Å². The molecule has 0 radical (unpaired) electrons. The molecule has 6 nitrogen and oxygen atoms in total. The van der Waals surface area contributed by atoms with Crippen molar-refractivity contribution in [2.75, 3.05) is 38.7 Å². The van der Waals surface area contributed by atoms with Gasteiger partial charge in [-0.15, -0.1) is 0 Å². The summed E-state index contributed by atoms with van der Waals surface area (Å²) in [5.41, 5.74) is 0.241. The minimum absolute atomic E-state index is 0.241. The molecule has 20 heavy (non-hydrogen) atoms. The normalized spacial score (nSPS) is 16.9. The lowest BCUT2D eigenvalue weighted by molar-refractivity contribution is 0.0593. The fourth-order valence-corrected chi connectivity index (χ4v) is 2.52. The van der Waals surface area contributed by atoms with E-state index in [0.717, 1.165) is 38.3 Å². The Morgan fingerprint density at radius 1 is 1.40 bits per heavy atom. The molecule has 0 unspecified atom stereocenters. The number of rotatable bonds is 4. The van der Waals surface area contributed by atoms with E-state index in [4.69, 9.17) is 0 Å². The van der Waals surface area contributed by atoms with Crippen LogP contribution >= 0.6 is 0 Å². The molecule has 110 valence electrons. The maximum Gasteiger partial charge on any atom is 0.358 e. The summed E-state index contributed by atoms with van der Waals surface area (Å²) in [4.78, 5) is 24.3. The molecule has 0 aliphatic carbocycles. The van der Waals surface area contributed by atoms with E-state index in [1.165, 1.54) is 13.3 Å².